The van der Waals surface area contributed by atoms with E-state index in [1.165, 1.54) is 11.1 Å². The minimum absolute atomic E-state index is 0.0767. The van der Waals surface area contributed by atoms with Gasteiger partial charge in [0.15, 0.2) is 23.3 Å². The summed E-state index contributed by atoms with van der Waals surface area (Å²) < 4.78 is 2.12. The SMILES string of the molecule is CC(C)(C)c1ccc(-c2nc(-c3cccc(-c4nnc(-c5ccc(C(C)(C)C)cc5)n4-c4ccccc4)c3)n[nH]2)cc1. The second-order valence-corrected chi connectivity index (χ2v) is 12.8. The van der Waals surface area contributed by atoms with Crippen molar-refractivity contribution in [3.8, 4) is 51.2 Å². The van der Waals surface area contributed by atoms with Crippen LogP contribution in [0.2, 0.25) is 0 Å². The van der Waals surface area contributed by atoms with Crippen molar-refractivity contribution in [1.82, 2.24) is 29.9 Å². The Hall–Kier alpha value is -4.84. The van der Waals surface area contributed by atoms with Gasteiger partial charge in [0, 0.05) is 27.9 Å². The van der Waals surface area contributed by atoms with Crippen LogP contribution in [-0.4, -0.2) is 29.9 Å². The molecule has 0 fully saturated rings. The summed E-state index contributed by atoms with van der Waals surface area (Å²) in [6.07, 6.45) is 0. The van der Waals surface area contributed by atoms with Crippen molar-refractivity contribution >= 4 is 0 Å². The molecule has 2 aromatic heterocycles. The molecule has 1 N–H and O–H groups in total. The molecule has 0 bridgehead atoms. The quantitative estimate of drug-likeness (QED) is 0.232. The van der Waals surface area contributed by atoms with Crippen LogP contribution in [0.4, 0.5) is 0 Å². The zero-order valence-corrected chi connectivity index (χ0v) is 25.1. The number of nitrogens with zero attached hydrogens (tertiary/aromatic N) is 5. The van der Waals surface area contributed by atoms with Gasteiger partial charge in [0.05, 0.1) is 0 Å². The number of hydrogen-bond donors (Lipinski definition) is 1. The molecule has 0 spiro atoms. The van der Waals surface area contributed by atoms with Crippen molar-refractivity contribution in [2.45, 2.75) is 52.4 Å². The zero-order valence-electron chi connectivity index (χ0n) is 25.1. The van der Waals surface area contributed by atoms with Gasteiger partial charge in [-0.2, -0.15) is 5.10 Å². The fraction of sp³-hybridized carbons (Fsp3) is 0.222. The van der Waals surface area contributed by atoms with Gasteiger partial charge >= 0.3 is 0 Å². The van der Waals surface area contributed by atoms with Crippen LogP contribution in [0.25, 0.3) is 51.2 Å². The molecular weight excluding hydrogens is 516 g/mol. The van der Waals surface area contributed by atoms with Crippen LogP contribution in [0, 0.1) is 0 Å². The smallest absolute Gasteiger partial charge is 0.181 e. The van der Waals surface area contributed by atoms with Gasteiger partial charge < -0.3 is 0 Å². The molecule has 2 heterocycles. The number of H-pyrrole nitrogens is 1. The van der Waals surface area contributed by atoms with E-state index in [1.807, 2.05) is 30.3 Å². The Bertz CT molecular complexity index is 1810. The molecule has 0 atom stereocenters. The van der Waals surface area contributed by atoms with Crippen LogP contribution in [0.15, 0.2) is 103 Å². The molecule has 0 amide bonds. The van der Waals surface area contributed by atoms with Crippen LogP contribution in [-0.2, 0) is 10.8 Å². The van der Waals surface area contributed by atoms with Gasteiger partial charge in [0.2, 0.25) is 0 Å². The average Bonchev–Trinajstić information content (AvgIpc) is 3.66. The summed E-state index contributed by atoms with van der Waals surface area (Å²) >= 11 is 0. The first-order valence-electron chi connectivity index (χ1n) is 14.3. The highest BCUT2D eigenvalue weighted by Crippen LogP contribution is 2.32. The van der Waals surface area contributed by atoms with E-state index in [9.17, 15) is 0 Å². The fourth-order valence-corrected chi connectivity index (χ4v) is 5.04. The van der Waals surface area contributed by atoms with Crippen molar-refractivity contribution in [3.05, 3.63) is 114 Å². The van der Waals surface area contributed by atoms with E-state index in [0.29, 0.717) is 5.82 Å². The molecule has 0 unspecified atom stereocenters. The summed E-state index contributed by atoms with van der Waals surface area (Å²) in [5, 5.41) is 17.0. The summed E-state index contributed by atoms with van der Waals surface area (Å²) in [6.45, 7) is 13.3. The van der Waals surface area contributed by atoms with E-state index >= 15 is 0 Å². The number of para-hydroxylation sites is 1. The summed E-state index contributed by atoms with van der Waals surface area (Å²) in [7, 11) is 0. The van der Waals surface area contributed by atoms with Crippen LogP contribution < -0.4 is 0 Å². The minimum Gasteiger partial charge on any atom is -0.275 e. The van der Waals surface area contributed by atoms with Crippen molar-refractivity contribution in [3.63, 3.8) is 0 Å². The van der Waals surface area contributed by atoms with Crippen molar-refractivity contribution in [2.24, 2.45) is 0 Å². The minimum atomic E-state index is 0.0767. The first-order valence-corrected chi connectivity index (χ1v) is 14.3. The number of rotatable bonds is 5. The number of aromatic amines is 1. The van der Waals surface area contributed by atoms with Crippen molar-refractivity contribution in [2.75, 3.05) is 0 Å². The normalized spacial score (nSPS) is 12.0. The molecule has 0 aliphatic rings. The molecule has 6 nitrogen and oxygen atoms in total. The maximum atomic E-state index is 4.83. The van der Waals surface area contributed by atoms with E-state index < -0.39 is 0 Å². The molecule has 0 saturated carbocycles. The van der Waals surface area contributed by atoms with E-state index in [4.69, 9.17) is 10.1 Å². The molecule has 42 heavy (non-hydrogen) atoms. The van der Waals surface area contributed by atoms with Gasteiger partial charge in [0.1, 0.15) is 0 Å². The van der Waals surface area contributed by atoms with Crippen LogP contribution >= 0.6 is 0 Å². The Morgan fingerprint density at radius 1 is 0.548 bits per heavy atom. The number of aromatic nitrogens is 6. The van der Waals surface area contributed by atoms with Gasteiger partial charge in [-0.3, -0.25) is 9.67 Å². The molecule has 6 rings (SSSR count). The topological polar surface area (TPSA) is 72.3 Å². The number of nitrogens with one attached hydrogen (secondary N) is 1. The largest absolute Gasteiger partial charge is 0.275 e. The lowest BCUT2D eigenvalue weighted by Crippen LogP contribution is -2.10. The highest BCUT2D eigenvalue weighted by atomic mass is 15.3. The Kier molecular flexibility index (Phi) is 6.85. The first-order chi connectivity index (χ1) is 20.1. The van der Waals surface area contributed by atoms with E-state index in [0.717, 1.165) is 45.4 Å². The second-order valence-electron chi connectivity index (χ2n) is 12.8. The molecule has 4 aromatic carbocycles. The summed E-state index contributed by atoms with van der Waals surface area (Å²) in [5.41, 5.74) is 7.59. The standard InChI is InChI=1S/C36H36N6/c1-35(2,3)28-19-15-24(16-20-28)31-37-32(39-38-31)26-11-10-12-27(23-26)34-41-40-33(42(34)30-13-8-7-9-14-30)25-17-21-29(22-18-25)36(4,5)6/h7-23H,1-6H3,(H,37,38,39). The third-order valence-corrected chi connectivity index (χ3v) is 7.58. The van der Waals surface area contributed by atoms with E-state index in [2.05, 4.69) is 134 Å². The summed E-state index contributed by atoms with van der Waals surface area (Å²) in [6, 6.07) is 35.5. The lowest BCUT2D eigenvalue weighted by atomic mass is 9.86. The highest BCUT2D eigenvalue weighted by molar-refractivity contribution is 5.71. The Balaban J connectivity index is 1.38. The van der Waals surface area contributed by atoms with Gasteiger partial charge in [-0.05, 0) is 40.2 Å². The Morgan fingerprint density at radius 2 is 1.10 bits per heavy atom. The zero-order chi connectivity index (χ0) is 29.5. The Labute approximate surface area is 247 Å². The van der Waals surface area contributed by atoms with Crippen molar-refractivity contribution in [1.29, 1.82) is 0 Å². The second kappa shape index (κ2) is 10.5. The summed E-state index contributed by atoms with van der Waals surface area (Å²) in [4.78, 5) is 4.83. The maximum Gasteiger partial charge on any atom is 0.181 e. The predicted octanol–water partition coefficient (Wildman–Crippen LogP) is 8.65. The number of benzene rings is 4. The van der Waals surface area contributed by atoms with Crippen LogP contribution in [0.1, 0.15) is 52.7 Å². The highest BCUT2D eigenvalue weighted by Gasteiger charge is 2.20. The van der Waals surface area contributed by atoms with Gasteiger partial charge in [-0.15, -0.1) is 10.2 Å². The fourth-order valence-electron chi connectivity index (χ4n) is 5.04. The van der Waals surface area contributed by atoms with E-state index in [-0.39, 0.29) is 10.8 Å². The van der Waals surface area contributed by atoms with Crippen LogP contribution in [0.5, 0.6) is 0 Å². The predicted molar refractivity (Wildman–Crippen MR) is 170 cm³/mol. The lowest BCUT2D eigenvalue weighted by Gasteiger charge is -2.19. The van der Waals surface area contributed by atoms with E-state index in [1.54, 1.807) is 0 Å². The third kappa shape index (κ3) is 5.40. The van der Waals surface area contributed by atoms with Gasteiger partial charge in [-0.25, -0.2) is 4.98 Å². The molecule has 0 radical (unpaired) electrons. The molecule has 0 aliphatic heterocycles. The third-order valence-electron chi connectivity index (χ3n) is 7.58. The molecule has 0 aliphatic carbocycles. The lowest BCUT2D eigenvalue weighted by molar-refractivity contribution is 0.590. The Morgan fingerprint density at radius 3 is 1.69 bits per heavy atom. The molecule has 0 saturated heterocycles. The maximum absolute atomic E-state index is 4.83. The van der Waals surface area contributed by atoms with Crippen molar-refractivity contribution < 1.29 is 0 Å². The molecule has 6 heteroatoms. The molecule has 210 valence electrons. The van der Waals surface area contributed by atoms with Crippen LogP contribution in [0.3, 0.4) is 0 Å². The van der Waals surface area contributed by atoms with Gasteiger partial charge in [-0.1, -0.05) is 126 Å². The molecular formula is C36H36N6. The number of hydrogen-bond acceptors (Lipinski definition) is 4. The average molecular weight is 553 g/mol. The monoisotopic (exact) mass is 552 g/mol. The summed E-state index contributed by atoms with van der Waals surface area (Å²) in [5.74, 6) is 2.92. The first kappa shape index (κ1) is 27.3. The molecule has 6 aromatic rings. The van der Waals surface area contributed by atoms with Gasteiger partial charge in [0.25, 0.3) is 0 Å².